The van der Waals surface area contributed by atoms with Gasteiger partial charge in [0.15, 0.2) is 0 Å². The highest BCUT2D eigenvalue weighted by atomic mass is 16.5. The van der Waals surface area contributed by atoms with Gasteiger partial charge >= 0.3 is 5.97 Å². The molecule has 1 atom stereocenters. The molecule has 6 nitrogen and oxygen atoms in total. The van der Waals surface area contributed by atoms with Crippen molar-refractivity contribution in [2.75, 3.05) is 12.4 Å². The maximum atomic E-state index is 12.7. The van der Waals surface area contributed by atoms with E-state index in [9.17, 15) is 14.4 Å². The van der Waals surface area contributed by atoms with Crippen molar-refractivity contribution in [1.29, 1.82) is 0 Å². The van der Waals surface area contributed by atoms with Gasteiger partial charge in [0, 0.05) is 18.8 Å². The van der Waals surface area contributed by atoms with Crippen LogP contribution in [-0.4, -0.2) is 29.8 Å². The van der Waals surface area contributed by atoms with E-state index in [4.69, 9.17) is 4.74 Å². The zero-order chi connectivity index (χ0) is 20.3. The van der Waals surface area contributed by atoms with Crippen molar-refractivity contribution in [2.45, 2.75) is 26.3 Å². The molecule has 2 aromatic carbocycles. The van der Waals surface area contributed by atoms with Crippen LogP contribution in [0, 0.1) is 6.92 Å². The molecule has 0 saturated heterocycles. The van der Waals surface area contributed by atoms with Gasteiger partial charge in [-0.1, -0.05) is 24.3 Å². The van der Waals surface area contributed by atoms with Crippen LogP contribution < -0.4 is 5.32 Å². The first kappa shape index (κ1) is 19.4. The number of carbonyl (C=O) groups excluding carboxylic acids is 3. The molecule has 1 aliphatic heterocycles. The van der Waals surface area contributed by atoms with E-state index < -0.39 is 5.97 Å². The minimum absolute atomic E-state index is 0.123. The lowest BCUT2D eigenvalue weighted by Crippen LogP contribution is -2.33. The number of hydrogen-bond donors (Lipinski definition) is 1. The molecule has 0 saturated carbocycles. The van der Waals surface area contributed by atoms with Crippen LogP contribution in [0.3, 0.4) is 0 Å². The number of rotatable bonds is 4. The van der Waals surface area contributed by atoms with Gasteiger partial charge in [-0.15, -0.1) is 0 Å². The molecule has 144 valence electrons. The molecular formula is C22H22N2O4. The molecule has 1 N–H and O–H groups in total. The second kappa shape index (κ2) is 8.08. The Morgan fingerprint density at radius 2 is 1.89 bits per heavy atom. The highest BCUT2D eigenvalue weighted by molar-refractivity contribution is 5.94. The number of esters is 1. The van der Waals surface area contributed by atoms with Crippen LogP contribution in [0.1, 0.15) is 46.4 Å². The predicted octanol–water partition coefficient (Wildman–Crippen LogP) is 3.68. The zero-order valence-electron chi connectivity index (χ0n) is 16.1. The van der Waals surface area contributed by atoms with Gasteiger partial charge < -0.3 is 15.0 Å². The summed E-state index contributed by atoms with van der Waals surface area (Å²) in [6.45, 7) is 3.29. The van der Waals surface area contributed by atoms with Gasteiger partial charge in [0.1, 0.15) is 0 Å². The van der Waals surface area contributed by atoms with Crippen LogP contribution in [0.5, 0.6) is 0 Å². The van der Waals surface area contributed by atoms with E-state index in [1.165, 1.54) is 14.0 Å². The molecule has 0 aliphatic carbocycles. The first-order chi connectivity index (χ1) is 13.4. The molecular weight excluding hydrogens is 356 g/mol. The lowest BCUT2D eigenvalue weighted by Gasteiger charge is -2.32. The van der Waals surface area contributed by atoms with Crippen molar-refractivity contribution in [1.82, 2.24) is 4.90 Å². The third-order valence-corrected chi connectivity index (χ3v) is 4.77. The molecule has 3 rings (SSSR count). The summed E-state index contributed by atoms with van der Waals surface area (Å²) in [6, 6.07) is 12.3. The van der Waals surface area contributed by atoms with Crippen LogP contribution in [0.2, 0.25) is 0 Å². The van der Waals surface area contributed by atoms with E-state index in [2.05, 4.69) is 5.32 Å². The van der Waals surface area contributed by atoms with E-state index >= 15 is 0 Å². The van der Waals surface area contributed by atoms with Crippen molar-refractivity contribution in [3.8, 4) is 0 Å². The molecule has 0 spiro atoms. The summed E-state index contributed by atoms with van der Waals surface area (Å²) in [4.78, 5) is 38.0. The smallest absolute Gasteiger partial charge is 0.337 e. The second-order valence-corrected chi connectivity index (χ2v) is 6.66. The lowest BCUT2D eigenvalue weighted by molar-refractivity contribution is -0.129. The highest BCUT2D eigenvalue weighted by Crippen LogP contribution is 2.33. The van der Waals surface area contributed by atoms with E-state index in [0.717, 1.165) is 16.7 Å². The fourth-order valence-electron chi connectivity index (χ4n) is 3.34. The van der Waals surface area contributed by atoms with E-state index in [-0.39, 0.29) is 24.3 Å². The largest absolute Gasteiger partial charge is 0.465 e. The molecule has 0 fully saturated rings. The molecule has 0 aromatic heterocycles. The second-order valence-electron chi connectivity index (χ2n) is 6.66. The Hall–Kier alpha value is -3.41. The summed E-state index contributed by atoms with van der Waals surface area (Å²) in [5.74, 6) is -0.763. The summed E-state index contributed by atoms with van der Waals surface area (Å²) < 4.78 is 4.71. The molecule has 1 heterocycles. The number of amides is 2. The first-order valence-electron chi connectivity index (χ1n) is 8.95. The Bertz CT molecular complexity index is 965. The highest BCUT2D eigenvalue weighted by Gasteiger charge is 2.28. The van der Waals surface area contributed by atoms with Crippen LogP contribution in [0.15, 0.2) is 48.7 Å². The average Bonchev–Trinajstić information content (AvgIpc) is 2.68. The Kier molecular flexibility index (Phi) is 5.59. The van der Waals surface area contributed by atoms with E-state index in [1.54, 1.807) is 29.3 Å². The van der Waals surface area contributed by atoms with Crippen LogP contribution >= 0.6 is 0 Å². The van der Waals surface area contributed by atoms with Crippen LogP contribution in [-0.2, 0) is 14.3 Å². The number of ether oxygens (including phenoxy) is 1. The predicted molar refractivity (Wildman–Crippen MR) is 107 cm³/mol. The number of aryl methyl sites for hydroxylation is 1. The number of methoxy groups -OCH3 is 1. The first-order valence-corrected chi connectivity index (χ1v) is 8.95. The van der Waals surface area contributed by atoms with Gasteiger partial charge in [-0.05, 0) is 47.9 Å². The summed E-state index contributed by atoms with van der Waals surface area (Å²) >= 11 is 0. The number of nitrogens with one attached hydrogen (secondary N) is 1. The topological polar surface area (TPSA) is 75.7 Å². The van der Waals surface area contributed by atoms with Gasteiger partial charge in [0.05, 0.1) is 25.1 Å². The number of anilines is 1. The summed E-state index contributed by atoms with van der Waals surface area (Å²) in [5, 5.41) is 2.88. The van der Waals surface area contributed by atoms with Crippen molar-refractivity contribution in [3.05, 3.63) is 70.9 Å². The average molecular weight is 378 g/mol. The van der Waals surface area contributed by atoms with Gasteiger partial charge in [0.2, 0.25) is 11.8 Å². The van der Waals surface area contributed by atoms with E-state index in [0.29, 0.717) is 11.3 Å². The number of nitrogens with zero attached hydrogens (tertiary/aromatic N) is 1. The number of carbonyl (C=O) groups is 3. The lowest BCUT2D eigenvalue weighted by atomic mass is 9.93. The van der Waals surface area contributed by atoms with Gasteiger partial charge in [0.25, 0.3) is 0 Å². The minimum Gasteiger partial charge on any atom is -0.465 e. The molecule has 28 heavy (non-hydrogen) atoms. The minimum atomic E-state index is -0.427. The third kappa shape index (κ3) is 3.96. The fraction of sp³-hybridized carbons (Fsp3) is 0.227. The molecule has 2 aromatic rings. The van der Waals surface area contributed by atoms with Gasteiger partial charge in [-0.3, -0.25) is 9.59 Å². The summed E-state index contributed by atoms with van der Waals surface area (Å²) in [7, 11) is 1.32. The number of hydrogen-bond acceptors (Lipinski definition) is 4. The Morgan fingerprint density at radius 1 is 1.14 bits per heavy atom. The summed E-state index contributed by atoms with van der Waals surface area (Å²) in [5.41, 5.74) is 3.73. The molecule has 1 aliphatic rings. The maximum Gasteiger partial charge on any atom is 0.337 e. The molecule has 0 radical (unpaired) electrons. The molecule has 2 amide bonds. The molecule has 0 bridgehead atoms. The monoisotopic (exact) mass is 378 g/mol. The quantitative estimate of drug-likeness (QED) is 0.824. The molecule has 6 heteroatoms. The van der Waals surface area contributed by atoms with Gasteiger partial charge in [-0.25, -0.2) is 4.79 Å². The number of fused-ring (bicyclic) bond motifs is 1. The molecule has 0 unspecified atom stereocenters. The standard InChI is InChI=1S/C22H22N2O4/c1-14-12-17(22(27)28-3)8-9-19(14)23-21(26)13-20-18-7-5-4-6-16(18)10-11-24(20)15(2)25/h4-12,20H,13H2,1-3H3,(H,23,26)/t20-/m1/s1. The number of benzene rings is 2. The Morgan fingerprint density at radius 3 is 2.57 bits per heavy atom. The van der Waals surface area contributed by atoms with Crippen molar-refractivity contribution >= 4 is 29.5 Å². The Labute approximate surface area is 163 Å². The fourth-order valence-corrected chi connectivity index (χ4v) is 3.34. The normalized spacial score (nSPS) is 15.0. The van der Waals surface area contributed by atoms with Crippen LogP contribution in [0.4, 0.5) is 5.69 Å². The SMILES string of the molecule is COC(=O)c1ccc(NC(=O)C[C@@H]2c3ccccc3C=CN2C(C)=O)c(C)c1. The van der Waals surface area contributed by atoms with E-state index in [1.807, 2.05) is 37.3 Å². The zero-order valence-corrected chi connectivity index (χ0v) is 16.1. The van der Waals surface area contributed by atoms with Crippen LogP contribution in [0.25, 0.3) is 6.08 Å². The van der Waals surface area contributed by atoms with Gasteiger partial charge in [-0.2, -0.15) is 0 Å². The van der Waals surface area contributed by atoms with Crippen molar-refractivity contribution in [3.63, 3.8) is 0 Å². The third-order valence-electron chi connectivity index (χ3n) is 4.77. The van der Waals surface area contributed by atoms with Crippen molar-refractivity contribution < 1.29 is 19.1 Å². The Balaban J connectivity index is 1.79. The summed E-state index contributed by atoms with van der Waals surface area (Å²) in [6.07, 6.45) is 3.72. The van der Waals surface area contributed by atoms with Crippen molar-refractivity contribution in [2.24, 2.45) is 0 Å². The maximum absolute atomic E-state index is 12.7.